The Morgan fingerprint density at radius 1 is 1.00 bits per heavy atom. The van der Waals surface area contributed by atoms with Gasteiger partial charge in [0.2, 0.25) is 5.91 Å². The summed E-state index contributed by atoms with van der Waals surface area (Å²) in [6.07, 6.45) is 4.96. The lowest BCUT2D eigenvalue weighted by molar-refractivity contribution is -0.130. The number of hydrogen-bond acceptors (Lipinski definition) is 4. The molecule has 6 nitrogen and oxygen atoms in total. The van der Waals surface area contributed by atoms with Gasteiger partial charge in [0.05, 0.1) is 11.4 Å². The van der Waals surface area contributed by atoms with Crippen LogP contribution in [-0.2, 0) is 9.59 Å². The van der Waals surface area contributed by atoms with Gasteiger partial charge >= 0.3 is 0 Å². The normalized spacial score (nSPS) is 10.9. The maximum atomic E-state index is 12.0. The van der Waals surface area contributed by atoms with Crippen LogP contribution in [0.2, 0.25) is 0 Å². The summed E-state index contributed by atoms with van der Waals surface area (Å²) in [4.78, 5) is 23.0. The first-order chi connectivity index (χ1) is 13.2. The second-order valence-corrected chi connectivity index (χ2v) is 5.91. The summed E-state index contributed by atoms with van der Waals surface area (Å²) >= 11 is 0. The van der Waals surface area contributed by atoms with E-state index in [1.165, 1.54) is 11.6 Å². The average Bonchev–Trinajstić information content (AvgIpc) is 3.16. The minimum Gasteiger partial charge on any atom is -0.295 e. The molecule has 2 aromatic carbocycles. The molecule has 0 aliphatic carbocycles. The molecule has 136 valence electrons. The summed E-state index contributed by atoms with van der Waals surface area (Å²) in [7, 11) is 0. The van der Waals surface area contributed by atoms with Crippen molar-refractivity contribution in [2.24, 2.45) is 0 Å². The number of allylic oxidation sites excluding steroid dienone is 1. The lowest BCUT2D eigenvalue weighted by Crippen LogP contribution is -2.18. The van der Waals surface area contributed by atoms with E-state index in [-0.39, 0.29) is 18.6 Å². The molecule has 0 saturated carbocycles. The van der Waals surface area contributed by atoms with Gasteiger partial charge < -0.3 is 0 Å². The second kappa shape index (κ2) is 8.73. The number of benzene rings is 2. The highest BCUT2D eigenvalue weighted by Crippen LogP contribution is 2.24. The zero-order valence-corrected chi connectivity index (χ0v) is 14.6. The number of aromatic nitrogens is 2. The highest BCUT2D eigenvalue weighted by Gasteiger charge is 2.11. The molecular formula is C21H19N3O3. The van der Waals surface area contributed by atoms with Crippen LogP contribution in [0.1, 0.15) is 18.4 Å². The van der Waals surface area contributed by atoms with E-state index in [1.54, 1.807) is 10.8 Å². The lowest BCUT2D eigenvalue weighted by Gasteiger charge is -2.00. The summed E-state index contributed by atoms with van der Waals surface area (Å²) in [6.45, 7) is 0. The number of rotatable bonds is 7. The van der Waals surface area contributed by atoms with Crippen molar-refractivity contribution < 1.29 is 14.8 Å². The SMILES string of the molecule is O=C(/C=C/c1cn(-c2ccccc2)nc1-c1ccccc1)CCC(=O)NO. The van der Waals surface area contributed by atoms with Gasteiger partial charge in [-0.25, -0.2) is 10.2 Å². The van der Waals surface area contributed by atoms with Crippen LogP contribution >= 0.6 is 0 Å². The van der Waals surface area contributed by atoms with Crippen molar-refractivity contribution in [3.63, 3.8) is 0 Å². The molecule has 3 rings (SSSR count). The fourth-order valence-corrected chi connectivity index (χ4v) is 2.60. The molecule has 3 aromatic rings. The third-order valence-electron chi connectivity index (χ3n) is 3.98. The molecule has 0 spiro atoms. The predicted octanol–water partition coefficient (Wildman–Crippen LogP) is 3.41. The smallest absolute Gasteiger partial charge is 0.243 e. The summed E-state index contributed by atoms with van der Waals surface area (Å²) in [5, 5.41) is 13.2. The molecule has 0 bridgehead atoms. The van der Waals surface area contributed by atoms with E-state index in [0.717, 1.165) is 22.5 Å². The molecule has 0 saturated heterocycles. The summed E-state index contributed by atoms with van der Waals surface area (Å²) in [5.74, 6) is -0.788. The largest absolute Gasteiger partial charge is 0.295 e. The molecule has 0 aliphatic heterocycles. The number of nitrogens with one attached hydrogen (secondary N) is 1. The second-order valence-electron chi connectivity index (χ2n) is 5.91. The Morgan fingerprint density at radius 2 is 1.67 bits per heavy atom. The van der Waals surface area contributed by atoms with Gasteiger partial charge in [-0.15, -0.1) is 0 Å². The van der Waals surface area contributed by atoms with E-state index in [9.17, 15) is 9.59 Å². The van der Waals surface area contributed by atoms with E-state index >= 15 is 0 Å². The number of carbonyl (C=O) groups excluding carboxylic acids is 2. The van der Waals surface area contributed by atoms with Crippen LogP contribution in [0.25, 0.3) is 23.0 Å². The van der Waals surface area contributed by atoms with Crippen LogP contribution in [0.15, 0.2) is 72.9 Å². The fourth-order valence-electron chi connectivity index (χ4n) is 2.60. The van der Waals surface area contributed by atoms with Gasteiger partial charge in [-0.1, -0.05) is 48.5 Å². The molecule has 2 N–H and O–H groups in total. The van der Waals surface area contributed by atoms with Gasteiger partial charge in [0.15, 0.2) is 5.78 Å². The summed E-state index contributed by atoms with van der Waals surface area (Å²) < 4.78 is 1.77. The average molecular weight is 361 g/mol. The number of hydroxylamine groups is 1. The Morgan fingerprint density at radius 3 is 2.33 bits per heavy atom. The Kier molecular flexibility index (Phi) is 5.91. The molecule has 0 unspecified atom stereocenters. The summed E-state index contributed by atoms with van der Waals surface area (Å²) in [5.41, 5.74) is 4.94. The molecule has 0 atom stereocenters. The van der Waals surface area contributed by atoms with E-state index < -0.39 is 5.91 Å². The van der Waals surface area contributed by atoms with Crippen LogP contribution in [0, 0.1) is 0 Å². The highest BCUT2D eigenvalue weighted by atomic mass is 16.5. The zero-order chi connectivity index (χ0) is 19.1. The number of hydrogen-bond donors (Lipinski definition) is 2. The number of ketones is 1. The Hall–Kier alpha value is -3.51. The molecule has 1 aromatic heterocycles. The number of para-hydroxylation sites is 1. The van der Waals surface area contributed by atoms with E-state index in [4.69, 9.17) is 5.21 Å². The predicted molar refractivity (Wildman–Crippen MR) is 102 cm³/mol. The Balaban J connectivity index is 1.89. The fraction of sp³-hybridized carbons (Fsp3) is 0.0952. The maximum absolute atomic E-state index is 12.0. The maximum Gasteiger partial charge on any atom is 0.243 e. The Bertz CT molecular complexity index is 947. The Labute approximate surface area is 156 Å². The first-order valence-electron chi connectivity index (χ1n) is 8.52. The van der Waals surface area contributed by atoms with Gasteiger partial charge in [-0.3, -0.25) is 14.8 Å². The monoisotopic (exact) mass is 361 g/mol. The number of nitrogens with zero attached hydrogens (tertiary/aromatic N) is 2. The van der Waals surface area contributed by atoms with Crippen molar-refractivity contribution in [3.8, 4) is 16.9 Å². The first kappa shape index (κ1) is 18.3. The van der Waals surface area contributed by atoms with Crippen LogP contribution < -0.4 is 5.48 Å². The van der Waals surface area contributed by atoms with Crippen molar-refractivity contribution in [3.05, 3.63) is 78.5 Å². The molecule has 0 radical (unpaired) electrons. The molecule has 1 heterocycles. The van der Waals surface area contributed by atoms with Crippen LogP contribution in [-0.4, -0.2) is 26.7 Å². The molecule has 27 heavy (non-hydrogen) atoms. The third kappa shape index (κ3) is 4.77. The molecule has 6 heteroatoms. The van der Waals surface area contributed by atoms with Crippen LogP contribution in [0.3, 0.4) is 0 Å². The van der Waals surface area contributed by atoms with Gasteiger partial charge in [0.1, 0.15) is 0 Å². The zero-order valence-electron chi connectivity index (χ0n) is 14.6. The lowest BCUT2D eigenvalue weighted by atomic mass is 10.1. The van der Waals surface area contributed by atoms with Gasteiger partial charge in [0, 0.05) is 30.2 Å². The van der Waals surface area contributed by atoms with E-state index in [0.29, 0.717) is 0 Å². The molecular weight excluding hydrogens is 342 g/mol. The van der Waals surface area contributed by atoms with Crippen LogP contribution in [0.5, 0.6) is 0 Å². The van der Waals surface area contributed by atoms with Crippen molar-refractivity contribution >= 4 is 17.8 Å². The number of carbonyl (C=O) groups is 2. The van der Waals surface area contributed by atoms with Crippen molar-refractivity contribution in [1.29, 1.82) is 0 Å². The third-order valence-corrected chi connectivity index (χ3v) is 3.98. The van der Waals surface area contributed by atoms with Crippen molar-refractivity contribution in [1.82, 2.24) is 15.3 Å². The minimum absolute atomic E-state index is 0.0242. The van der Waals surface area contributed by atoms with Gasteiger partial charge in [-0.2, -0.15) is 5.10 Å². The van der Waals surface area contributed by atoms with E-state index in [2.05, 4.69) is 5.10 Å². The van der Waals surface area contributed by atoms with Gasteiger partial charge in [-0.05, 0) is 24.3 Å². The molecule has 1 amide bonds. The quantitative estimate of drug-likeness (QED) is 0.384. The minimum atomic E-state index is -0.585. The molecule has 0 aliphatic rings. The molecule has 0 fully saturated rings. The van der Waals surface area contributed by atoms with Crippen molar-refractivity contribution in [2.75, 3.05) is 0 Å². The first-order valence-corrected chi connectivity index (χ1v) is 8.52. The van der Waals surface area contributed by atoms with Gasteiger partial charge in [0.25, 0.3) is 0 Å². The number of amides is 1. The topological polar surface area (TPSA) is 84.2 Å². The van der Waals surface area contributed by atoms with Crippen molar-refractivity contribution in [2.45, 2.75) is 12.8 Å². The standard InChI is InChI=1S/C21H19N3O3/c25-19(13-14-20(26)23-27)12-11-17-15-24(18-9-5-2-6-10-18)22-21(17)16-7-3-1-4-8-16/h1-12,15,27H,13-14H2,(H,23,26)/b12-11+. The van der Waals surface area contributed by atoms with E-state index in [1.807, 2.05) is 66.9 Å². The van der Waals surface area contributed by atoms with Crippen LogP contribution in [0.4, 0.5) is 0 Å². The highest BCUT2D eigenvalue weighted by molar-refractivity contribution is 5.96. The summed E-state index contributed by atoms with van der Waals surface area (Å²) in [6, 6.07) is 19.4.